The van der Waals surface area contributed by atoms with Crippen molar-refractivity contribution >= 4 is 15.9 Å². The van der Waals surface area contributed by atoms with E-state index in [0.29, 0.717) is 18.3 Å². The summed E-state index contributed by atoms with van der Waals surface area (Å²) in [6.45, 7) is 9.48. The zero-order valence-corrected chi connectivity index (χ0v) is 15.2. The number of aliphatic hydroxyl groups excluding tert-OH is 1. The van der Waals surface area contributed by atoms with Crippen molar-refractivity contribution in [2.45, 2.75) is 66.0 Å². The van der Waals surface area contributed by atoms with E-state index < -0.39 is 0 Å². The molecule has 0 aromatic carbocycles. The second-order valence-corrected chi connectivity index (χ2v) is 7.13. The van der Waals surface area contributed by atoms with Crippen LogP contribution in [0.2, 0.25) is 0 Å². The van der Waals surface area contributed by atoms with Crippen molar-refractivity contribution in [1.29, 1.82) is 0 Å². The molecular weight excluding hydrogens is 328 g/mol. The summed E-state index contributed by atoms with van der Waals surface area (Å²) >= 11 is 3.67. The van der Waals surface area contributed by atoms with Gasteiger partial charge in [0.2, 0.25) is 0 Å². The Hall–Kier alpha value is -0.610. The molecule has 3 nitrogen and oxygen atoms in total. The maximum atomic E-state index is 10.7. The van der Waals surface area contributed by atoms with Gasteiger partial charge in [0, 0.05) is 13.0 Å². The average Bonchev–Trinajstić information content (AvgIpc) is 2.74. The first-order valence-corrected chi connectivity index (χ1v) is 8.84. The van der Waals surface area contributed by atoms with Crippen LogP contribution in [0.25, 0.3) is 0 Å². The zero-order chi connectivity index (χ0) is 15.6. The number of hydrogen-bond acceptors (Lipinski definition) is 2. The van der Waals surface area contributed by atoms with E-state index in [1.165, 1.54) is 5.57 Å². The van der Waals surface area contributed by atoms with Crippen LogP contribution in [0.1, 0.15) is 51.9 Å². The minimum atomic E-state index is -0.292. The minimum Gasteiger partial charge on any atom is -0.392 e. The van der Waals surface area contributed by atoms with Gasteiger partial charge in [0.15, 0.2) is 0 Å². The molecule has 1 aromatic heterocycles. The summed E-state index contributed by atoms with van der Waals surface area (Å²) < 4.78 is 3.11. The molecule has 1 aliphatic rings. The Labute approximate surface area is 136 Å². The molecule has 3 unspecified atom stereocenters. The Kier molecular flexibility index (Phi) is 5.67. The number of halogens is 1. The molecule has 0 radical (unpaired) electrons. The third-order valence-corrected chi connectivity index (χ3v) is 5.38. The molecule has 1 aliphatic carbocycles. The molecule has 3 atom stereocenters. The lowest BCUT2D eigenvalue weighted by molar-refractivity contribution is 0.0911. The number of allylic oxidation sites excluding steroid dienone is 2. The molecule has 4 heteroatoms. The summed E-state index contributed by atoms with van der Waals surface area (Å²) in [6, 6.07) is 0. The lowest BCUT2D eigenvalue weighted by atomic mass is 9.79. The van der Waals surface area contributed by atoms with Crippen molar-refractivity contribution in [3.63, 3.8) is 0 Å². The number of aromatic nitrogens is 2. The molecule has 118 valence electrons. The van der Waals surface area contributed by atoms with Gasteiger partial charge in [0.1, 0.15) is 0 Å². The molecule has 0 spiro atoms. The normalized spacial score (nSPS) is 24.0. The molecule has 0 saturated carbocycles. The van der Waals surface area contributed by atoms with Crippen LogP contribution in [0.3, 0.4) is 0 Å². The van der Waals surface area contributed by atoms with Crippen LogP contribution in [0.4, 0.5) is 0 Å². The number of aliphatic hydroxyl groups is 1. The van der Waals surface area contributed by atoms with Gasteiger partial charge in [0.05, 0.1) is 22.0 Å². The van der Waals surface area contributed by atoms with E-state index in [2.05, 4.69) is 54.8 Å². The van der Waals surface area contributed by atoms with E-state index in [1.54, 1.807) is 0 Å². The first kappa shape index (κ1) is 16.8. The summed E-state index contributed by atoms with van der Waals surface area (Å²) in [6.07, 6.45) is 5.75. The fraction of sp³-hybridized carbons (Fsp3) is 0.706. The van der Waals surface area contributed by atoms with Crippen LogP contribution in [0, 0.1) is 11.8 Å². The summed E-state index contributed by atoms with van der Waals surface area (Å²) in [7, 11) is 0. The van der Waals surface area contributed by atoms with E-state index >= 15 is 0 Å². The van der Waals surface area contributed by atoms with Gasteiger partial charge in [0.25, 0.3) is 0 Å². The molecule has 0 aliphatic heterocycles. The van der Waals surface area contributed by atoms with Crippen molar-refractivity contribution in [1.82, 2.24) is 9.78 Å². The summed E-state index contributed by atoms with van der Waals surface area (Å²) in [5, 5.41) is 15.3. The zero-order valence-electron chi connectivity index (χ0n) is 13.6. The molecule has 2 rings (SSSR count). The molecule has 0 bridgehead atoms. The topological polar surface area (TPSA) is 38.0 Å². The standard InChI is InChI=1S/C17H27BrN2O/c1-5-14-17(18)15(20(6-2)19-14)10-16(21)13-8-11(3)7-12(4)9-13/h7,11,13,16,21H,5-6,8-10H2,1-4H3. The lowest BCUT2D eigenvalue weighted by Gasteiger charge is -2.29. The first-order valence-electron chi connectivity index (χ1n) is 8.05. The van der Waals surface area contributed by atoms with Gasteiger partial charge in [-0.25, -0.2) is 0 Å². The fourth-order valence-electron chi connectivity index (χ4n) is 3.47. The molecule has 0 fully saturated rings. The summed E-state index contributed by atoms with van der Waals surface area (Å²) in [4.78, 5) is 0. The van der Waals surface area contributed by atoms with Crippen LogP contribution in [0.5, 0.6) is 0 Å². The van der Waals surface area contributed by atoms with Crippen molar-refractivity contribution < 1.29 is 5.11 Å². The number of hydrogen-bond donors (Lipinski definition) is 1. The van der Waals surface area contributed by atoms with Crippen LogP contribution < -0.4 is 0 Å². The quantitative estimate of drug-likeness (QED) is 0.807. The summed E-state index contributed by atoms with van der Waals surface area (Å²) in [5.74, 6) is 0.936. The van der Waals surface area contributed by atoms with Gasteiger partial charge in [-0.2, -0.15) is 5.10 Å². The van der Waals surface area contributed by atoms with E-state index in [4.69, 9.17) is 0 Å². The fourth-order valence-corrected chi connectivity index (χ4v) is 4.19. The van der Waals surface area contributed by atoms with Crippen LogP contribution in [-0.4, -0.2) is 21.0 Å². The number of rotatable bonds is 5. The Bertz CT molecular complexity index is 521. The SMILES string of the molecule is CCc1nn(CC)c(CC(O)C2CC(C)=CC(C)C2)c1Br. The highest BCUT2D eigenvalue weighted by Gasteiger charge is 2.27. The van der Waals surface area contributed by atoms with Crippen molar-refractivity contribution in [3.8, 4) is 0 Å². The highest BCUT2D eigenvalue weighted by molar-refractivity contribution is 9.10. The minimum absolute atomic E-state index is 0.292. The van der Waals surface area contributed by atoms with Gasteiger partial charge in [-0.15, -0.1) is 0 Å². The Morgan fingerprint density at radius 2 is 2.19 bits per heavy atom. The second kappa shape index (κ2) is 7.10. The van der Waals surface area contributed by atoms with E-state index in [0.717, 1.165) is 41.7 Å². The maximum Gasteiger partial charge on any atom is 0.0766 e. The predicted molar refractivity (Wildman–Crippen MR) is 90.3 cm³/mol. The molecule has 1 N–H and O–H groups in total. The predicted octanol–water partition coefficient (Wildman–Crippen LogP) is 4.12. The largest absolute Gasteiger partial charge is 0.392 e. The van der Waals surface area contributed by atoms with Gasteiger partial charge < -0.3 is 5.11 Å². The van der Waals surface area contributed by atoms with Gasteiger partial charge in [-0.05, 0) is 60.9 Å². The average molecular weight is 355 g/mol. The molecule has 1 heterocycles. The molecule has 1 aromatic rings. The van der Waals surface area contributed by atoms with Crippen molar-refractivity contribution in [2.24, 2.45) is 11.8 Å². The van der Waals surface area contributed by atoms with E-state index in [1.807, 2.05) is 4.68 Å². The molecule has 0 amide bonds. The van der Waals surface area contributed by atoms with E-state index in [9.17, 15) is 5.11 Å². The first-order chi connectivity index (χ1) is 9.96. The molecular formula is C17H27BrN2O. The van der Waals surface area contributed by atoms with Gasteiger partial charge in [-0.3, -0.25) is 4.68 Å². The maximum absolute atomic E-state index is 10.7. The molecule has 0 saturated heterocycles. The smallest absolute Gasteiger partial charge is 0.0766 e. The number of nitrogens with zero attached hydrogens (tertiary/aromatic N) is 2. The van der Waals surface area contributed by atoms with E-state index in [-0.39, 0.29) is 6.10 Å². The van der Waals surface area contributed by atoms with Crippen molar-refractivity contribution in [2.75, 3.05) is 0 Å². The van der Waals surface area contributed by atoms with Gasteiger partial charge >= 0.3 is 0 Å². The third kappa shape index (κ3) is 3.78. The van der Waals surface area contributed by atoms with Crippen LogP contribution in [-0.2, 0) is 19.4 Å². The van der Waals surface area contributed by atoms with Gasteiger partial charge in [-0.1, -0.05) is 25.5 Å². The van der Waals surface area contributed by atoms with Crippen LogP contribution in [0.15, 0.2) is 16.1 Å². The lowest BCUT2D eigenvalue weighted by Crippen LogP contribution is -2.28. The Morgan fingerprint density at radius 1 is 1.48 bits per heavy atom. The van der Waals surface area contributed by atoms with Crippen LogP contribution >= 0.6 is 15.9 Å². The summed E-state index contributed by atoms with van der Waals surface area (Å²) in [5.41, 5.74) is 3.64. The monoisotopic (exact) mass is 354 g/mol. The third-order valence-electron chi connectivity index (χ3n) is 4.47. The number of aryl methyl sites for hydroxylation is 2. The highest BCUT2D eigenvalue weighted by atomic mass is 79.9. The molecule has 21 heavy (non-hydrogen) atoms. The Morgan fingerprint density at radius 3 is 2.76 bits per heavy atom. The highest BCUT2D eigenvalue weighted by Crippen LogP contribution is 2.32. The van der Waals surface area contributed by atoms with Crippen molar-refractivity contribution in [3.05, 3.63) is 27.5 Å². The Balaban J connectivity index is 2.14. The second-order valence-electron chi connectivity index (χ2n) is 6.34.